The zero-order valence-electron chi connectivity index (χ0n) is 19.9. The minimum Gasteiger partial charge on any atom is -0.395 e. The van der Waals surface area contributed by atoms with Crippen molar-refractivity contribution in [1.82, 2.24) is 29.5 Å². The summed E-state index contributed by atoms with van der Waals surface area (Å²) in [5.74, 6) is -0.827. The van der Waals surface area contributed by atoms with E-state index in [0.717, 1.165) is 23.5 Å². The molecule has 0 aliphatic heterocycles. The zero-order valence-corrected chi connectivity index (χ0v) is 22.2. The maximum Gasteiger partial charge on any atom is 2.00 e. The first kappa shape index (κ1) is 25.5. The Morgan fingerprint density at radius 1 is 0.972 bits per heavy atom. The van der Waals surface area contributed by atoms with Crippen LogP contribution >= 0.6 is 0 Å². The van der Waals surface area contributed by atoms with Crippen molar-refractivity contribution in [3.63, 3.8) is 0 Å². The summed E-state index contributed by atoms with van der Waals surface area (Å²) >= 11 is 0. The van der Waals surface area contributed by atoms with Crippen molar-refractivity contribution in [3.05, 3.63) is 90.3 Å². The Hall–Kier alpha value is -3.58. The molecule has 36 heavy (non-hydrogen) atoms. The van der Waals surface area contributed by atoms with Gasteiger partial charge in [0.2, 0.25) is 0 Å². The molecule has 7 nitrogen and oxygen atoms in total. The van der Waals surface area contributed by atoms with E-state index < -0.39 is 17.0 Å². The monoisotopic (exact) mass is 664 g/mol. The quantitative estimate of drug-likeness (QED) is 0.257. The van der Waals surface area contributed by atoms with Crippen molar-refractivity contribution in [1.29, 1.82) is 0 Å². The molecule has 0 radical (unpaired) electrons. The first-order valence-corrected chi connectivity index (χ1v) is 10.9. The molecule has 5 aromatic rings. The van der Waals surface area contributed by atoms with Crippen molar-refractivity contribution in [2.75, 3.05) is 19.0 Å². The molecule has 0 saturated heterocycles. The molecule has 0 fully saturated rings. The van der Waals surface area contributed by atoms with E-state index in [1.54, 1.807) is 23.0 Å². The Morgan fingerprint density at radius 3 is 2.50 bits per heavy atom. The molecule has 1 aromatic carbocycles. The van der Waals surface area contributed by atoms with Crippen LogP contribution in [0.15, 0.2) is 54.9 Å². The van der Waals surface area contributed by atoms with E-state index in [9.17, 15) is 8.78 Å². The number of anilines is 1. The van der Waals surface area contributed by atoms with E-state index in [0.29, 0.717) is 28.5 Å². The molecule has 0 amide bonds. The largest absolute Gasteiger partial charge is 2.00 e. The molecular weight excluding hydrogens is 643 g/mol. The number of nitrogens with zero attached hydrogens (tertiary/aromatic N) is 7. The fourth-order valence-electron chi connectivity index (χ4n) is 3.76. The Bertz CT molecular complexity index is 1550. The van der Waals surface area contributed by atoms with Crippen LogP contribution in [0.25, 0.3) is 28.4 Å². The van der Waals surface area contributed by atoms with Crippen LogP contribution in [0.3, 0.4) is 0 Å². The summed E-state index contributed by atoms with van der Waals surface area (Å²) in [5.41, 5.74) is 3.02. The number of fused-ring (bicyclic) bond motifs is 1. The minimum atomic E-state index is -0.721. The van der Waals surface area contributed by atoms with Crippen molar-refractivity contribution in [2.24, 2.45) is 0 Å². The van der Waals surface area contributed by atoms with Crippen LogP contribution in [0.4, 0.5) is 14.5 Å². The summed E-state index contributed by atoms with van der Waals surface area (Å²) in [5, 5.41) is 0. The normalized spacial score (nSPS) is 11.4. The number of benzene rings is 1. The molecule has 0 bridgehead atoms. The van der Waals surface area contributed by atoms with Gasteiger partial charge in [0.1, 0.15) is 0 Å². The Kier molecular flexibility index (Phi) is 6.96. The minimum absolute atomic E-state index is 0. The SMILES string of the molecule is CN(C)c1cc(-c2[c-]cc(F)cc2F)nc(C(C)(C)c2cccc(-n3[c-]nc4nccnc43)n2)c1.[Pt+2]. The Morgan fingerprint density at radius 2 is 1.75 bits per heavy atom. The molecular formula is C26H21F2N7Pt. The van der Waals surface area contributed by atoms with E-state index >= 15 is 0 Å². The summed E-state index contributed by atoms with van der Waals surface area (Å²) in [7, 11) is 3.78. The van der Waals surface area contributed by atoms with Crippen molar-refractivity contribution < 1.29 is 29.8 Å². The number of hydrogen-bond acceptors (Lipinski definition) is 6. The van der Waals surface area contributed by atoms with Crippen LogP contribution in [0, 0.1) is 24.0 Å². The maximum atomic E-state index is 14.6. The number of halogens is 2. The first-order valence-electron chi connectivity index (χ1n) is 10.9. The second-order valence-electron chi connectivity index (χ2n) is 8.79. The molecule has 4 aromatic heterocycles. The third-order valence-corrected chi connectivity index (χ3v) is 5.81. The van der Waals surface area contributed by atoms with Gasteiger partial charge < -0.3 is 19.4 Å². The van der Waals surface area contributed by atoms with Crippen LogP contribution < -0.4 is 4.90 Å². The van der Waals surface area contributed by atoms with Crippen LogP contribution in [0.5, 0.6) is 0 Å². The van der Waals surface area contributed by atoms with Crippen molar-refractivity contribution >= 4 is 17.0 Å². The number of pyridine rings is 2. The van der Waals surface area contributed by atoms with Gasteiger partial charge in [-0.25, -0.2) is 0 Å². The van der Waals surface area contributed by atoms with Gasteiger partial charge in [0.15, 0.2) is 0 Å². The Labute approximate surface area is 221 Å². The van der Waals surface area contributed by atoms with Gasteiger partial charge in [-0.3, -0.25) is 23.7 Å². The molecule has 0 aliphatic rings. The Balaban J connectivity index is 0.00000304. The number of imidazole rings is 1. The third-order valence-electron chi connectivity index (χ3n) is 5.81. The number of aromatic nitrogens is 6. The summed E-state index contributed by atoms with van der Waals surface area (Å²) in [6.45, 7) is 3.98. The number of hydrogen-bond donors (Lipinski definition) is 0. The van der Waals surface area contributed by atoms with Crippen LogP contribution in [-0.2, 0) is 26.5 Å². The second kappa shape index (κ2) is 9.82. The predicted octanol–water partition coefficient (Wildman–Crippen LogP) is 4.54. The summed E-state index contributed by atoms with van der Waals surface area (Å²) < 4.78 is 29.7. The predicted molar refractivity (Wildman–Crippen MR) is 128 cm³/mol. The number of rotatable bonds is 5. The zero-order chi connectivity index (χ0) is 24.7. The molecule has 0 saturated carbocycles. The molecule has 184 valence electrons. The van der Waals surface area contributed by atoms with Gasteiger partial charge in [0.05, 0.1) is 17.1 Å². The first-order chi connectivity index (χ1) is 16.7. The van der Waals surface area contributed by atoms with Gasteiger partial charge in [-0.2, -0.15) is 0 Å². The molecule has 0 atom stereocenters. The average Bonchev–Trinajstić information content (AvgIpc) is 3.28. The summed E-state index contributed by atoms with van der Waals surface area (Å²) in [6, 6.07) is 13.9. The fraction of sp³-hybridized carbons (Fsp3) is 0.192. The third kappa shape index (κ3) is 4.63. The standard InChI is InChI=1S/C26H21F2N7.Pt/c1-26(2,21-6-5-7-23(33-21)35-15-31-24-25(35)30-11-10-29-24)22-14-17(34(3)4)13-20(32-22)18-9-8-16(27)12-19(18)28;/h5-8,10-14H,1-4H3;/q-2;+2. The fourth-order valence-corrected chi connectivity index (χ4v) is 3.76. The summed E-state index contributed by atoms with van der Waals surface area (Å²) in [6.07, 6.45) is 6.06. The van der Waals surface area contributed by atoms with E-state index in [4.69, 9.17) is 9.97 Å². The smallest absolute Gasteiger partial charge is 0.395 e. The van der Waals surface area contributed by atoms with E-state index in [-0.39, 0.29) is 26.6 Å². The van der Waals surface area contributed by atoms with E-state index in [1.165, 1.54) is 0 Å². The van der Waals surface area contributed by atoms with Crippen LogP contribution in [-0.4, -0.2) is 43.6 Å². The van der Waals surface area contributed by atoms with Crippen LogP contribution in [0.2, 0.25) is 0 Å². The van der Waals surface area contributed by atoms with E-state index in [2.05, 4.69) is 27.3 Å². The molecule has 10 heteroatoms. The van der Waals surface area contributed by atoms with Gasteiger partial charge in [0.25, 0.3) is 0 Å². The summed E-state index contributed by atoms with van der Waals surface area (Å²) in [4.78, 5) is 24.2. The van der Waals surface area contributed by atoms with E-state index in [1.807, 2.05) is 57.1 Å². The second-order valence-corrected chi connectivity index (χ2v) is 8.79. The topological polar surface area (TPSA) is 72.6 Å². The van der Waals surface area contributed by atoms with Crippen molar-refractivity contribution in [3.8, 4) is 17.1 Å². The molecule has 0 unspecified atom stereocenters. The molecule has 0 spiro atoms. The van der Waals surface area contributed by atoms with Crippen LogP contribution in [0.1, 0.15) is 25.2 Å². The molecule has 4 heterocycles. The average molecular weight is 665 g/mol. The molecule has 5 rings (SSSR count). The van der Waals surface area contributed by atoms with Gasteiger partial charge in [-0.15, -0.1) is 12.1 Å². The van der Waals surface area contributed by atoms with Gasteiger partial charge in [-0.1, -0.05) is 29.8 Å². The maximum absolute atomic E-state index is 14.6. The van der Waals surface area contributed by atoms with Gasteiger partial charge in [-0.05, 0) is 31.7 Å². The molecule has 0 N–H and O–H groups in total. The van der Waals surface area contributed by atoms with Gasteiger partial charge >= 0.3 is 21.1 Å². The van der Waals surface area contributed by atoms with Crippen molar-refractivity contribution in [2.45, 2.75) is 19.3 Å². The van der Waals surface area contributed by atoms with Gasteiger partial charge in [0, 0.05) is 66.9 Å². The molecule has 0 aliphatic carbocycles.